The fraction of sp³-hybridized carbons (Fsp3) is 0.250. The first-order chi connectivity index (χ1) is 7.83. The zero-order valence-electron chi connectivity index (χ0n) is 9.27. The molecule has 0 amide bonds. The Kier molecular flexibility index (Phi) is 3.41. The van der Waals surface area contributed by atoms with Gasteiger partial charge in [0.15, 0.2) is 11.5 Å². The summed E-state index contributed by atoms with van der Waals surface area (Å²) >= 11 is 1.61. The highest BCUT2D eigenvalue weighted by Gasteiger charge is 2.05. The minimum Gasteiger partial charge on any atom is -0.493 e. The van der Waals surface area contributed by atoms with E-state index in [1.54, 1.807) is 25.6 Å². The number of hydrogen-bond donors (Lipinski definition) is 0. The van der Waals surface area contributed by atoms with Crippen LogP contribution in [0.2, 0.25) is 0 Å². The van der Waals surface area contributed by atoms with Gasteiger partial charge < -0.3 is 9.47 Å². The van der Waals surface area contributed by atoms with Crippen molar-refractivity contribution in [3.05, 3.63) is 40.3 Å². The Bertz CT molecular complexity index is 454. The summed E-state index contributed by atoms with van der Waals surface area (Å²) in [6.45, 7) is 0. The van der Waals surface area contributed by atoms with Gasteiger partial charge in [-0.15, -0.1) is 11.3 Å². The molecule has 1 aromatic heterocycles. The molecule has 0 aliphatic heterocycles. The third kappa shape index (κ3) is 2.33. The van der Waals surface area contributed by atoms with E-state index in [0.29, 0.717) is 0 Å². The molecule has 2 aromatic rings. The van der Waals surface area contributed by atoms with Gasteiger partial charge in [-0.1, -0.05) is 6.07 Å². The molecule has 0 aliphatic rings. The van der Waals surface area contributed by atoms with Crippen LogP contribution in [0.1, 0.15) is 11.3 Å². The molecule has 0 saturated carbocycles. The molecule has 0 N–H and O–H groups in total. The first-order valence-electron chi connectivity index (χ1n) is 4.91. The lowest BCUT2D eigenvalue weighted by molar-refractivity contribution is 0.354. The molecule has 1 heterocycles. The van der Waals surface area contributed by atoms with Gasteiger partial charge in [0.05, 0.1) is 25.4 Å². The van der Waals surface area contributed by atoms with E-state index < -0.39 is 0 Å². The summed E-state index contributed by atoms with van der Waals surface area (Å²) in [5.74, 6) is 1.51. The SMILES string of the molecule is COc1ccc(Cc2cscn2)cc1OC. The van der Waals surface area contributed by atoms with Crippen molar-refractivity contribution >= 4 is 11.3 Å². The normalized spacial score (nSPS) is 10.1. The molecular weight excluding hydrogens is 222 g/mol. The Hall–Kier alpha value is -1.55. The number of methoxy groups -OCH3 is 2. The van der Waals surface area contributed by atoms with E-state index in [0.717, 1.165) is 23.6 Å². The van der Waals surface area contributed by atoms with Crippen LogP contribution in [0.25, 0.3) is 0 Å². The molecule has 0 unspecified atom stereocenters. The number of ether oxygens (including phenoxy) is 2. The fourth-order valence-corrected chi connectivity index (χ4v) is 2.08. The van der Waals surface area contributed by atoms with Crippen molar-refractivity contribution in [3.63, 3.8) is 0 Å². The maximum absolute atomic E-state index is 5.25. The zero-order chi connectivity index (χ0) is 11.4. The molecule has 2 rings (SSSR count). The third-order valence-electron chi connectivity index (χ3n) is 2.32. The summed E-state index contributed by atoms with van der Waals surface area (Å²) < 4.78 is 10.4. The van der Waals surface area contributed by atoms with Crippen molar-refractivity contribution in [2.24, 2.45) is 0 Å². The topological polar surface area (TPSA) is 31.4 Å². The molecule has 0 radical (unpaired) electrons. The summed E-state index contributed by atoms with van der Waals surface area (Å²) in [5.41, 5.74) is 4.09. The molecular formula is C12H13NO2S. The number of benzene rings is 1. The van der Waals surface area contributed by atoms with Crippen LogP contribution in [0.4, 0.5) is 0 Å². The summed E-state index contributed by atoms with van der Waals surface area (Å²) in [7, 11) is 3.28. The van der Waals surface area contributed by atoms with Gasteiger partial charge in [0.25, 0.3) is 0 Å². The molecule has 0 aliphatic carbocycles. The highest BCUT2D eigenvalue weighted by Crippen LogP contribution is 2.28. The van der Waals surface area contributed by atoms with Crippen molar-refractivity contribution in [3.8, 4) is 11.5 Å². The number of thiazole rings is 1. The summed E-state index contributed by atoms with van der Waals surface area (Å²) in [4.78, 5) is 4.26. The van der Waals surface area contributed by atoms with Crippen molar-refractivity contribution in [1.82, 2.24) is 4.98 Å². The maximum Gasteiger partial charge on any atom is 0.160 e. The lowest BCUT2D eigenvalue weighted by Crippen LogP contribution is -1.93. The van der Waals surface area contributed by atoms with E-state index in [1.807, 2.05) is 23.7 Å². The quantitative estimate of drug-likeness (QED) is 0.816. The van der Waals surface area contributed by atoms with Crippen LogP contribution >= 0.6 is 11.3 Å². The lowest BCUT2D eigenvalue weighted by Gasteiger charge is -2.08. The lowest BCUT2D eigenvalue weighted by atomic mass is 10.1. The molecule has 0 spiro atoms. The fourth-order valence-electron chi connectivity index (χ4n) is 1.52. The Morgan fingerprint density at radius 1 is 1.19 bits per heavy atom. The van der Waals surface area contributed by atoms with Crippen molar-refractivity contribution in [2.45, 2.75) is 6.42 Å². The van der Waals surface area contributed by atoms with Gasteiger partial charge in [-0.3, -0.25) is 0 Å². The second-order valence-electron chi connectivity index (χ2n) is 3.35. The van der Waals surface area contributed by atoms with Crippen LogP contribution in [0.15, 0.2) is 29.1 Å². The second kappa shape index (κ2) is 4.99. The summed E-state index contributed by atoms with van der Waals surface area (Å²) in [6.07, 6.45) is 0.823. The monoisotopic (exact) mass is 235 g/mol. The van der Waals surface area contributed by atoms with Crippen LogP contribution in [0.5, 0.6) is 11.5 Å². The maximum atomic E-state index is 5.25. The Morgan fingerprint density at radius 3 is 2.62 bits per heavy atom. The summed E-state index contributed by atoms with van der Waals surface area (Å²) in [5, 5.41) is 2.05. The first kappa shape index (κ1) is 11.0. The molecule has 84 valence electrons. The predicted octanol–water partition coefficient (Wildman–Crippen LogP) is 2.75. The van der Waals surface area contributed by atoms with Crippen molar-refractivity contribution in [1.29, 1.82) is 0 Å². The van der Waals surface area contributed by atoms with E-state index >= 15 is 0 Å². The standard InChI is InChI=1S/C12H13NO2S/c1-14-11-4-3-9(6-12(11)15-2)5-10-7-16-8-13-10/h3-4,6-8H,5H2,1-2H3. The van der Waals surface area contributed by atoms with E-state index in [1.165, 1.54) is 5.56 Å². The van der Waals surface area contributed by atoms with E-state index in [4.69, 9.17) is 9.47 Å². The highest BCUT2D eigenvalue weighted by atomic mass is 32.1. The van der Waals surface area contributed by atoms with E-state index in [2.05, 4.69) is 10.4 Å². The van der Waals surface area contributed by atoms with Crippen molar-refractivity contribution < 1.29 is 9.47 Å². The van der Waals surface area contributed by atoms with E-state index in [9.17, 15) is 0 Å². The minimum atomic E-state index is 0.754. The van der Waals surface area contributed by atoms with Gasteiger partial charge in [0.2, 0.25) is 0 Å². The Morgan fingerprint density at radius 2 is 2.00 bits per heavy atom. The molecule has 0 atom stereocenters. The van der Waals surface area contributed by atoms with E-state index in [-0.39, 0.29) is 0 Å². The molecule has 3 nitrogen and oxygen atoms in total. The summed E-state index contributed by atoms with van der Waals surface area (Å²) in [6, 6.07) is 5.93. The average Bonchev–Trinajstić information content (AvgIpc) is 2.81. The second-order valence-corrected chi connectivity index (χ2v) is 4.06. The zero-order valence-corrected chi connectivity index (χ0v) is 10.1. The number of hydrogen-bond acceptors (Lipinski definition) is 4. The van der Waals surface area contributed by atoms with Gasteiger partial charge in [-0.2, -0.15) is 0 Å². The van der Waals surface area contributed by atoms with Gasteiger partial charge in [-0.05, 0) is 17.7 Å². The number of aromatic nitrogens is 1. The van der Waals surface area contributed by atoms with Gasteiger partial charge in [0.1, 0.15) is 0 Å². The van der Waals surface area contributed by atoms with Gasteiger partial charge in [-0.25, -0.2) is 4.98 Å². The molecule has 0 saturated heterocycles. The Labute approximate surface area is 98.7 Å². The largest absolute Gasteiger partial charge is 0.493 e. The van der Waals surface area contributed by atoms with Crippen LogP contribution in [0.3, 0.4) is 0 Å². The number of nitrogens with zero attached hydrogens (tertiary/aromatic N) is 1. The smallest absolute Gasteiger partial charge is 0.160 e. The molecule has 0 bridgehead atoms. The van der Waals surface area contributed by atoms with Crippen LogP contribution < -0.4 is 9.47 Å². The molecule has 0 fully saturated rings. The van der Waals surface area contributed by atoms with Gasteiger partial charge >= 0.3 is 0 Å². The van der Waals surface area contributed by atoms with Crippen LogP contribution in [0, 0.1) is 0 Å². The third-order valence-corrected chi connectivity index (χ3v) is 2.95. The van der Waals surface area contributed by atoms with Crippen LogP contribution in [-0.4, -0.2) is 19.2 Å². The molecule has 4 heteroatoms. The predicted molar refractivity (Wildman–Crippen MR) is 64.5 cm³/mol. The first-order valence-corrected chi connectivity index (χ1v) is 5.85. The minimum absolute atomic E-state index is 0.754. The van der Waals surface area contributed by atoms with Crippen molar-refractivity contribution in [2.75, 3.05) is 14.2 Å². The Balaban J connectivity index is 2.22. The number of rotatable bonds is 4. The average molecular weight is 235 g/mol. The highest BCUT2D eigenvalue weighted by molar-refractivity contribution is 7.07. The van der Waals surface area contributed by atoms with Gasteiger partial charge in [0, 0.05) is 11.8 Å². The van der Waals surface area contributed by atoms with Crippen LogP contribution in [-0.2, 0) is 6.42 Å². The molecule has 1 aromatic carbocycles. The molecule has 16 heavy (non-hydrogen) atoms.